The minimum absolute atomic E-state index is 0.0697. The Morgan fingerprint density at radius 3 is 2.57 bits per heavy atom. The van der Waals surface area contributed by atoms with Crippen LogP contribution in [0.2, 0.25) is 0 Å². The van der Waals surface area contributed by atoms with Gasteiger partial charge in [-0.3, -0.25) is 4.79 Å². The van der Waals surface area contributed by atoms with Gasteiger partial charge < -0.3 is 10.8 Å². The number of carboxylic acid groups (broad SMARTS) is 1. The Balaban J connectivity index is 2.82. The third kappa shape index (κ3) is 2.08. The lowest BCUT2D eigenvalue weighted by Crippen LogP contribution is -2.55. The summed E-state index contributed by atoms with van der Waals surface area (Å²) < 4.78 is 0. The Hall–Kier alpha value is -0.570. The fourth-order valence-electron chi connectivity index (χ4n) is 2.35. The van der Waals surface area contributed by atoms with Gasteiger partial charge in [-0.25, -0.2) is 0 Å². The van der Waals surface area contributed by atoms with Gasteiger partial charge in [-0.15, -0.1) is 0 Å². The fraction of sp³-hybridized carbons (Fsp3) is 0.909. The van der Waals surface area contributed by atoms with Crippen molar-refractivity contribution in [1.82, 2.24) is 0 Å². The van der Waals surface area contributed by atoms with Crippen LogP contribution in [0.3, 0.4) is 0 Å². The normalized spacial score (nSPS) is 39.9. The third-order valence-corrected chi connectivity index (χ3v) is 3.81. The Morgan fingerprint density at radius 1 is 1.36 bits per heavy atom. The second-order valence-corrected chi connectivity index (χ2v) is 4.71. The van der Waals surface area contributed by atoms with Gasteiger partial charge in [0.15, 0.2) is 0 Å². The molecule has 0 heterocycles. The Kier molecular flexibility index (Phi) is 3.53. The van der Waals surface area contributed by atoms with E-state index in [1.807, 2.05) is 6.92 Å². The van der Waals surface area contributed by atoms with Gasteiger partial charge >= 0.3 is 5.97 Å². The third-order valence-electron chi connectivity index (χ3n) is 3.81. The van der Waals surface area contributed by atoms with Crippen molar-refractivity contribution >= 4 is 5.97 Å². The highest BCUT2D eigenvalue weighted by Gasteiger charge is 2.42. The van der Waals surface area contributed by atoms with Crippen molar-refractivity contribution in [3.8, 4) is 0 Å². The SMILES string of the molecule is CC1CCCCCC(N)(C(=O)O)C1C. The predicted molar refractivity (Wildman–Crippen MR) is 56.0 cm³/mol. The van der Waals surface area contributed by atoms with Gasteiger partial charge in [0.25, 0.3) is 0 Å². The van der Waals surface area contributed by atoms with Crippen LogP contribution in [-0.4, -0.2) is 16.6 Å². The molecule has 0 spiro atoms. The van der Waals surface area contributed by atoms with E-state index >= 15 is 0 Å². The second-order valence-electron chi connectivity index (χ2n) is 4.71. The monoisotopic (exact) mass is 199 g/mol. The van der Waals surface area contributed by atoms with Crippen LogP contribution in [0.4, 0.5) is 0 Å². The largest absolute Gasteiger partial charge is 0.480 e. The van der Waals surface area contributed by atoms with Crippen molar-refractivity contribution in [2.24, 2.45) is 17.6 Å². The van der Waals surface area contributed by atoms with Crippen LogP contribution in [0.5, 0.6) is 0 Å². The molecule has 3 N–H and O–H groups in total. The van der Waals surface area contributed by atoms with E-state index in [4.69, 9.17) is 5.73 Å². The van der Waals surface area contributed by atoms with Crippen molar-refractivity contribution in [3.05, 3.63) is 0 Å². The summed E-state index contributed by atoms with van der Waals surface area (Å²) in [5, 5.41) is 9.18. The number of rotatable bonds is 1. The average Bonchev–Trinajstić information content (AvgIpc) is 2.13. The smallest absolute Gasteiger partial charge is 0.323 e. The summed E-state index contributed by atoms with van der Waals surface area (Å²) in [6.07, 6.45) is 4.99. The highest BCUT2D eigenvalue weighted by atomic mass is 16.4. The van der Waals surface area contributed by atoms with Crippen LogP contribution in [0.15, 0.2) is 0 Å². The number of aliphatic carboxylic acids is 1. The van der Waals surface area contributed by atoms with Gasteiger partial charge in [0.2, 0.25) is 0 Å². The zero-order chi connectivity index (χ0) is 10.8. The number of carboxylic acids is 1. The number of hydrogen-bond acceptors (Lipinski definition) is 2. The number of carbonyl (C=O) groups is 1. The molecule has 82 valence electrons. The van der Waals surface area contributed by atoms with Crippen LogP contribution in [0.25, 0.3) is 0 Å². The topological polar surface area (TPSA) is 63.3 Å². The quantitative estimate of drug-likeness (QED) is 0.679. The molecule has 3 atom stereocenters. The number of nitrogens with two attached hydrogens (primary N) is 1. The molecule has 1 aliphatic carbocycles. The molecular formula is C11H21NO2. The summed E-state index contributed by atoms with van der Waals surface area (Å²) in [7, 11) is 0. The minimum Gasteiger partial charge on any atom is -0.480 e. The molecule has 0 bridgehead atoms. The van der Waals surface area contributed by atoms with E-state index in [0.717, 1.165) is 19.3 Å². The second kappa shape index (κ2) is 4.30. The van der Waals surface area contributed by atoms with Crippen LogP contribution in [-0.2, 0) is 4.79 Å². The summed E-state index contributed by atoms with van der Waals surface area (Å²) in [6, 6.07) is 0. The molecule has 0 aromatic carbocycles. The lowest BCUT2D eigenvalue weighted by molar-refractivity contribution is -0.147. The van der Waals surface area contributed by atoms with E-state index in [-0.39, 0.29) is 5.92 Å². The fourth-order valence-corrected chi connectivity index (χ4v) is 2.35. The van der Waals surface area contributed by atoms with E-state index in [1.165, 1.54) is 6.42 Å². The van der Waals surface area contributed by atoms with Gasteiger partial charge in [0, 0.05) is 0 Å². The van der Waals surface area contributed by atoms with Crippen molar-refractivity contribution in [3.63, 3.8) is 0 Å². The van der Waals surface area contributed by atoms with E-state index < -0.39 is 11.5 Å². The van der Waals surface area contributed by atoms with Crippen molar-refractivity contribution < 1.29 is 9.90 Å². The van der Waals surface area contributed by atoms with E-state index in [1.54, 1.807) is 0 Å². The first-order valence-electron chi connectivity index (χ1n) is 5.50. The van der Waals surface area contributed by atoms with Gasteiger partial charge in [0.05, 0.1) is 0 Å². The first-order valence-corrected chi connectivity index (χ1v) is 5.50. The standard InChI is InChI=1S/C11H21NO2/c1-8-6-4-3-5-7-11(12,9(8)2)10(13)14/h8-9H,3-7,12H2,1-2H3,(H,13,14). The van der Waals surface area contributed by atoms with Crippen LogP contribution >= 0.6 is 0 Å². The molecule has 0 aliphatic heterocycles. The van der Waals surface area contributed by atoms with Gasteiger partial charge in [-0.05, 0) is 18.3 Å². The first-order chi connectivity index (χ1) is 6.48. The van der Waals surface area contributed by atoms with Crippen molar-refractivity contribution in [1.29, 1.82) is 0 Å². The highest BCUT2D eigenvalue weighted by Crippen LogP contribution is 2.33. The van der Waals surface area contributed by atoms with Crippen molar-refractivity contribution in [2.45, 2.75) is 51.5 Å². The Labute approximate surface area is 85.7 Å². The molecule has 1 fully saturated rings. The summed E-state index contributed by atoms with van der Waals surface area (Å²) in [5.41, 5.74) is 5.01. The lowest BCUT2D eigenvalue weighted by Gasteiger charge is -2.37. The van der Waals surface area contributed by atoms with Gasteiger partial charge in [0.1, 0.15) is 5.54 Å². The van der Waals surface area contributed by atoms with Gasteiger partial charge in [-0.1, -0.05) is 39.5 Å². The zero-order valence-electron chi connectivity index (χ0n) is 9.12. The maximum Gasteiger partial charge on any atom is 0.323 e. The van der Waals surface area contributed by atoms with Crippen LogP contribution in [0.1, 0.15) is 46.0 Å². The first kappa shape index (κ1) is 11.5. The maximum absolute atomic E-state index is 11.2. The molecule has 3 heteroatoms. The molecule has 14 heavy (non-hydrogen) atoms. The molecule has 3 unspecified atom stereocenters. The molecule has 0 aromatic rings. The summed E-state index contributed by atoms with van der Waals surface area (Å²) in [6.45, 7) is 4.09. The van der Waals surface area contributed by atoms with E-state index in [9.17, 15) is 9.90 Å². The molecule has 0 radical (unpaired) electrons. The predicted octanol–water partition coefficient (Wildman–Crippen LogP) is 2.00. The van der Waals surface area contributed by atoms with Crippen LogP contribution in [0, 0.1) is 11.8 Å². The molecule has 1 rings (SSSR count). The molecule has 0 amide bonds. The lowest BCUT2D eigenvalue weighted by atomic mass is 9.72. The van der Waals surface area contributed by atoms with Crippen LogP contribution < -0.4 is 5.73 Å². The zero-order valence-corrected chi connectivity index (χ0v) is 9.12. The maximum atomic E-state index is 11.2. The van der Waals surface area contributed by atoms with Gasteiger partial charge in [-0.2, -0.15) is 0 Å². The summed E-state index contributed by atoms with van der Waals surface area (Å²) in [4.78, 5) is 11.2. The average molecular weight is 199 g/mol. The highest BCUT2D eigenvalue weighted by molar-refractivity contribution is 5.78. The number of hydrogen-bond donors (Lipinski definition) is 2. The molecule has 1 aliphatic rings. The summed E-state index contributed by atoms with van der Waals surface area (Å²) >= 11 is 0. The molecule has 3 nitrogen and oxygen atoms in total. The Bertz CT molecular complexity index is 217. The molecule has 0 aromatic heterocycles. The van der Waals surface area contributed by atoms with Crippen molar-refractivity contribution in [2.75, 3.05) is 0 Å². The molecular weight excluding hydrogens is 178 g/mol. The summed E-state index contributed by atoms with van der Waals surface area (Å²) in [5.74, 6) is -0.351. The Morgan fingerprint density at radius 2 is 2.00 bits per heavy atom. The minimum atomic E-state index is -1.00. The molecule has 1 saturated carbocycles. The van der Waals surface area contributed by atoms with E-state index in [0.29, 0.717) is 12.3 Å². The molecule has 0 saturated heterocycles. The van der Waals surface area contributed by atoms with E-state index in [2.05, 4.69) is 6.92 Å².